The maximum atomic E-state index is 5.28. The summed E-state index contributed by atoms with van der Waals surface area (Å²) >= 11 is 1.76. The fourth-order valence-corrected chi connectivity index (χ4v) is 2.52. The van der Waals surface area contributed by atoms with Crippen molar-refractivity contribution in [3.05, 3.63) is 15.6 Å². The number of aryl methyl sites for hydroxylation is 2. The van der Waals surface area contributed by atoms with E-state index in [1.165, 1.54) is 4.88 Å². The molecule has 1 aliphatic rings. The Labute approximate surface area is 75.3 Å². The Morgan fingerprint density at radius 3 is 3.08 bits per heavy atom. The van der Waals surface area contributed by atoms with Gasteiger partial charge in [-0.15, -0.1) is 11.3 Å². The molecule has 0 radical (unpaired) electrons. The lowest BCUT2D eigenvalue weighted by atomic mass is 10.0. The lowest BCUT2D eigenvalue weighted by Gasteiger charge is -2.10. The minimum atomic E-state index is 0.973. The monoisotopic (exact) mass is 181 g/mol. The van der Waals surface area contributed by atoms with Crippen LogP contribution in [0.4, 0.5) is 0 Å². The van der Waals surface area contributed by atoms with E-state index in [0.717, 1.165) is 35.7 Å². The Bertz CT molecular complexity index is 327. The SMILES string of the molecule is Cc1nc2c(s1)CCC/C2=N\N. The van der Waals surface area contributed by atoms with Crippen molar-refractivity contribution in [3.8, 4) is 0 Å². The molecule has 0 atom stereocenters. The normalized spacial score (nSPS) is 19.6. The molecule has 1 aromatic heterocycles. The molecule has 2 rings (SSSR count). The molecular weight excluding hydrogens is 170 g/mol. The molecule has 0 fully saturated rings. The zero-order valence-electron chi connectivity index (χ0n) is 7.00. The Hall–Kier alpha value is -0.900. The summed E-state index contributed by atoms with van der Waals surface area (Å²) in [5.74, 6) is 5.28. The fourth-order valence-electron chi connectivity index (χ4n) is 1.52. The maximum absolute atomic E-state index is 5.28. The third-order valence-electron chi connectivity index (χ3n) is 2.05. The molecule has 4 heteroatoms. The van der Waals surface area contributed by atoms with Crippen LogP contribution < -0.4 is 5.84 Å². The van der Waals surface area contributed by atoms with Gasteiger partial charge in [0.2, 0.25) is 0 Å². The molecule has 0 bridgehead atoms. The summed E-state index contributed by atoms with van der Waals surface area (Å²) in [7, 11) is 0. The quantitative estimate of drug-likeness (QED) is 0.486. The third kappa shape index (κ3) is 1.12. The van der Waals surface area contributed by atoms with Crippen LogP contribution in [0.25, 0.3) is 0 Å². The first-order valence-corrected chi connectivity index (χ1v) is 4.86. The number of hydrazone groups is 1. The molecule has 12 heavy (non-hydrogen) atoms. The summed E-state index contributed by atoms with van der Waals surface area (Å²) in [5.41, 5.74) is 2.02. The number of thiazole rings is 1. The molecule has 0 saturated carbocycles. The van der Waals surface area contributed by atoms with Gasteiger partial charge in [-0.05, 0) is 26.2 Å². The Balaban J connectivity index is 2.50. The molecule has 0 aromatic carbocycles. The van der Waals surface area contributed by atoms with Gasteiger partial charge in [-0.3, -0.25) is 0 Å². The standard InChI is InChI=1S/C8H11N3S/c1-5-10-8-6(11-9)3-2-4-7(8)12-5/h2-4,9H2,1H3/b11-6+. The average molecular weight is 181 g/mol. The molecule has 1 aliphatic carbocycles. The molecule has 2 N–H and O–H groups in total. The zero-order chi connectivity index (χ0) is 8.55. The van der Waals surface area contributed by atoms with Crippen molar-refractivity contribution in [2.75, 3.05) is 0 Å². The number of hydrogen-bond donors (Lipinski definition) is 1. The molecule has 0 spiro atoms. The van der Waals surface area contributed by atoms with E-state index in [2.05, 4.69) is 10.1 Å². The van der Waals surface area contributed by atoms with E-state index in [4.69, 9.17) is 5.84 Å². The number of nitrogens with two attached hydrogens (primary N) is 1. The van der Waals surface area contributed by atoms with E-state index < -0.39 is 0 Å². The van der Waals surface area contributed by atoms with Crippen LogP contribution in [0, 0.1) is 6.92 Å². The van der Waals surface area contributed by atoms with Gasteiger partial charge in [-0.25, -0.2) is 4.98 Å². The van der Waals surface area contributed by atoms with Crippen LogP contribution in [-0.4, -0.2) is 10.7 Å². The van der Waals surface area contributed by atoms with Crippen molar-refractivity contribution >= 4 is 17.0 Å². The highest BCUT2D eigenvalue weighted by Crippen LogP contribution is 2.26. The van der Waals surface area contributed by atoms with Gasteiger partial charge in [0, 0.05) is 4.88 Å². The molecule has 1 heterocycles. The van der Waals surface area contributed by atoms with Crippen molar-refractivity contribution in [2.45, 2.75) is 26.2 Å². The minimum Gasteiger partial charge on any atom is -0.323 e. The Morgan fingerprint density at radius 2 is 2.33 bits per heavy atom. The van der Waals surface area contributed by atoms with Gasteiger partial charge in [0.15, 0.2) is 0 Å². The first-order chi connectivity index (χ1) is 5.81. The summed E-state index contributed by atoms with van der Waals surface area (Å²) in [6, 6.07) is 0. The highest BCUT2D eigenvalue weighted by Gasteiger charge is 2.19. The largest absolute Gasteiger partial charge is 0.323 e. The van der Waals surface area contributed by atoms with E-state index in [9.17, 15) is 0 Å². The second-order valence-corrected chi connectivity index (χ2v) is 4.22. The molecule has 64 valence electrons. The van der Waals surface area contributed by atoms with Gasteiger partial charge < -0.3 is 5.84 Å². The number of fused-ring (bicyclic) bond motifs is 1. The molecular formula is C8H11N3S. The first-order valence-electron chi connectivity index (χ1n) is 4.04. The van der Waals surface area contributed by atoms with Gasteiger partial charge in [-0.2, -0.15) is 5.10 Å². The van der Waals surface area contributed by atoms with Crippen molar-refractivity contribution in [2.24, 2.45) is 10.9 Å². The van der Waals surface area contributed by atoms with Gasteiger partial charge in [-0.1, -0.05) is 0 Å². The van der Waals surface area contributed by atoms with Crippen LogP contribution in [-0.2, 0) is 6.42 Å². The molecule has 3 nitrogen and oxygen atoms in total. The topological polar surface area (TPSA) is 51.3 Å². The first kappa shape index (κ1) is 7.73. The van der Waals surface area contributed by atoms with Crippen LogP contribution in [0.5, 0.6) is 0 Å². The van der Waals surface area contributed by atoms with Gasteiger partial charge in [0.25, 0.3) is 0 Å². The van der Waals surface area contributed by atoms with Crippen LogP contribution in [0.3, 0.4) is 0 Å². The lowest BCUT2D eigenvalue weighted by Crippen LogP contribution is -2.12. The summed E-state index contributed by atoms with van der Waals surface area (Å²) in [4.78, 5) is 5.76. The summed E-state index contributed by atoms with van der Waals surface area (Å²) < 4.78 is 0. The van der Waals surface area contributed by atoms with Crippen molar-refractivity contribution in [1.82, 2.24) is 4.98 Å². The lowest BCUT2D eigenvalue weighted by molar-refractivity contribution is 0.841. The fraction of sp³-hybridized carbons (Fsp3) is 0.500. The maximum Gasteiger partial charge on any atom is 0.101 e. The van der Waals surface area contributed by atoms with E-state index in [1.807, 2.05) is 6.92 Å². The van der Waals surface area contributed by atoms with Crippen molar-refractivity contribution in [1.29, 1.82) is 0 Å². The summed E-state index contributed by atoms with van der Waals surface area (Å²) in [6.07, 6.45) is 3.28. The molecule has 0 saturated heterocycles. The number of hydrogen-bond acceptors (Lipinski definition) is 4. The minimum absolute atomic E-state index is 0.973. The van der Waals surface area contributed by atoms with Gasteiger partial charge in [0.1, 0.15) is 5.69 Å². The summed E-state index contributed by atoms with van der Waals surface area (Å²) in [6.45, 7) is 2.02. The van der Waals surface area contributed by atoms with Crippen LogP contribution in [0.2, 0.25) is 0 Å². The molecule has 0 unspecified atom stereocenters. The van der Waals surface area contributed by atoms with Crippen LogP contribution in [0.1, 0.15) is 28.4 Å². The van der Waals surface area contributed by atoms with E-state index in [-0.39, 0.29) is 0 Å². The molecule has 0 amide bonds. The average Bonchev–Trinajstić information content (AvgIpc) is 2.44. The second-order valence-electron chi connectivity index (χ2n) is 2.93. The number of rotatable bonds is 0. The molecule has 1 aromatic rings. The van der Waals surface area contributed by atoms with Crippen LogP contribution >= 0.6 is 11.3 Å². The van der Waals surface area contributed by atoms with Crippen molar-refractivity contribution < 1.29 is 0 Å². The Kier molecular flexibility index (Phi) is 1.84. The number of aromatic nitrogens is 1. The van der Waals surface area contributed by atoms with Crippen molar-refractivity contribution in [3.63, 3.8) is 0 Å². The number of nitrogens with zero attached hydrogens (tertiary/aromatic N) is 2. The summed E-state index contributed by atoms with van der Waals surface area (Å²) in [5, 5.41) is 4.88. The van der Waals surface area contributed by atoms with E-state index >= 15 is 0 Å². The Morgan fingerprint density at radius 1 is 1.50 bits per heavy atom. The predicted octanol–water partition coefficient (Wildman–Crippen LogP) is 1.45. The van der Waals surface area contributed by atoms with E-state index in [1.54, 1.807) is 11.3 Å². The predicted molar refractivity (Wildman–Crippen MR) is 50.5 cm³/mol. The third-order valence-corrected chi connectivity index (χ3v) is 3.08. The van der Waals surface area contributed by atoms with Gasteiger partial charge >= 0.3 is 0 Å². The smallest absolute Gasteiger partial charge is 0.101 e. The second kappa shape index (κ2) is 2.86. The van der Waals surface area contributed by atoms with Gasteiger partial charge in [0.05, 0.1) is 10.7 Å². The zero-order valence-corrected chi connectivity index (χ0v) is 7.82. The van der Waals surface area contributed by atoms with Crippen LogP contribution in [0.15, 0.2) is 5.10 Å². The van der Waals surface area contributed by atoms with E-state index in [0.29, 0.717) is 0 Å². The highest BCUT2D eigenvalue weighted by atomic mass is 32.1. The highest BCUT2D eigenvalue weighted by molar-refractivity contribution is 7.11. The molecule has 0 aliphatic heterocycles.